The van der Waals surface area contributed by atoms with Gasteiger partial charge in [-0.05, 0) is 48.5 Å². The maximum absolute atomic E-state index is 12.9. The van der Waals surface area contributed by atoms with Crippen LogP contribution in [-0.4, -0.2) is 35.1 Å². The maximum Gasteiger partial charge on any atom is 0.254 e. The van der Waals surface area contributed by atoms with Gasteiger partial charge in [0.05, 0.1) is 13.7 Å². The zero-order valence-electron chi connectivity index (χ0n) is 18.2. The van der Waals surface area contributed by atoms with Crippen molar-refractivity contribution in [1.82, 2.24) is 15.0 Å². The number of carbonyl (C=O) groups is 1. The first-order valence-corrected chi connectivity index (χ1v) is 10.6. The molecule has 0 bridgehead atoms. The Morgan fingerprint density at radius 2 is 1.82 bits per heavy atom. The molecule has 0 atom stereocenters. The van der Waals surface area contributed by atoms with Gasteiger partial charge < -0.3 is 18.9 Å². The second-order valence-electron chi connectivity index (χ2n) is 7.31. The molecular formula is C25H22ClN3O4. The Labute approximate surface area is 196 Å². The highest BCUT2D eigenvalue weighted by Gasteiger charge is 2.17. The highest BCUT2D eigenvalue weighted by atomic mass is 35.5. The van der Waals surface area contributed by atoms with Crippen LogP contribution in [0.25, 0.3) is 11.4 Å². The van der Waals surface area contributed by atoms with Gasteiger partial charge in [-0.15, -0.1) is 0 Å². The molecule has 1 amide bonds. The molecule has 0 saturated heterocycles. The lowest BCUT2D eigenvalue weighted by atomic mass is 10.2. The molecule has 0 radical (unpaired) electrons. The molecule has 1 aromatic heterocycles. The summed E-state index contributed by atoms with van der Waals surface area (Å²) in [6.45, 7) is 0.482. The Kier molecular flexibility index (Phi) is 6.90. The minimum Gasteiger partial charge on any atom is -0.497 e. The Balaban J connectivity index is 1.39. The summed E-state index contributed by atoms with van der Waals surface area (Å²) in [6.07, 6.45) is 0. The summed E-state index contributed by atoms with van der Waals surface area (Å²) in [5.41, 5.74) is 2.16. The number of carbonyl (C=O) groups excluding carboxylic acids is 1. The van der Waals surface area contributed by atoms with E-state index in [1.165, 1.54) is 4.90 Å². The molecule has 1 heterocycles. The van der Waals surface area contributed by atoms with Crippen molar-refractivity contribution in [2.24, 2.45) is 0 Å². The predicted molar refractivity (Wildman–Crippen MR) is 124 cm³/mol. The standard InChI is InChI=1S/C25H22ClN3O4/c1-29(15-23-27-24(28-33-23)17-10-12-20(31-2)13-11-17)25(30)18-7-5-8-21(14-18)32-16-19-6-3-4-9-22(19)26/h3-14H,15-16H2,1-2H3. The lowest BCUT2D eigenvalue weighted by molar-refractivity contribution is 0.0769. The van der Waals surface area contributed by atoms with Gasteiger partial charge in [-0.1, -0.05) is 41.0 Å². The van der Waals surface area contributed by atoms with Crippen LogP contribution in [0.1, 0.15) is 21.8 Å². The lowest BCUT2D eigenvalue weighted by Crippen LogP contribution is -2.26. The van der Waals surface area contributed by atoms with E-state index in [-0.39, 0.29) is 12.5 Å². The number of hydrogen-bond acceptors (Lipinski definition) is 6. The van der Waals surface area contributed by atoms with Gasteiger partial charge in [0.2, 0.25) is 11.7 Å². The number of benzene rings is 3. The maximum atomic E-state index is 12.9. The van der Waals surface area contributed by atoms with Gasteiger partial charge in [0.15, 0.2) is 0 Å². The van der Waals surface area contributed by atoms with Crippen LogP contribution in [0.15, 0.2) is 77.3 Å². The second-order valence-corrected chi connectivity index (χ2v) is 7.72. The molecule has 0 saturated carbocycles. The van der Waals surface area contributed by atoms with Crippen molar-refractivity contribution in [3.05, 3.63) is 94.8 Å². The number of amides is 1. The van der Waals surface area contributed by atoms with Crippen LogP contribution in [0, 0.1) is 0 Å². The predicted octanol–water partition coefficient (Wildman–Crippen LogP) is 5.25. The van der Waals surface area contributed by atoms with Gasteiger partial charge in [-0.2, -0.15) is 4.98 Å². The van der Waals surface area contributed by atoms with Crippen LogP contribution in [0.2, 0.25) is 5.02 Å². The minimum absolute atomic E-state index is 0.173. The van der Waals surface area contributed by atoms with Crippen molar-refractivity contribution in [2.45, 2.75) is 13.2 Å². The molecule has 0 N–H and O–H groups in total. The molecule has 0 spiro atoms. The Hall–Kier alpha value is -3.84. The number of hydrogen-bond donors (Lipinski definition) is 0. The third-order valence-corrected chi connectivity index (χ3v) is 5.34. The van der Waals surface area contributed by atoms with Gasteiger partial charge >= 0.3 is 0 Å². The number of aromatic nitrogens is 2. The van der Waals surface area contributed by atoms with Gasteiger partial charge in [0.25, 0.3) is 5.91 Å². The third kappa shape index (κ3) is 5.51. The molecule has 0 fully saturated rings. The molecule has 4 aromatic rings. The van der Waals surface area contributed by atoms with Crippen molar-refractivity contribution < 1.29 is 18.8 Å². The van der Waals surface area contributed by atoms with Crippen molar-refractivity contribution in [1.29, 1.82) is 0 Å². The number of halogens is 1. The highest BCUT2D eigenvalue weighted by molar-refractivity contribution is 6.31. The summed E-state index contributed by atoms with van der Waals surface area (Å²) >= 11 is 6.18. The van der Waals surface area contributed by atoms with E-state index in [1.54, 1.807) is 38.4 Å². The fourth-order valence-electron chi connectivity index (χ4n) is 3.17. The van der Waals surface area contributed by atoms with E-state index in [0.717, 1.165) is 16.9 Å². The SMILES string of the molecule is COc1ccc(-c2noc(CN(C)C(=O)c3cccc(OCc4ccccc4Cl)c3)n2)cc1. The first kappa shape index (κ1) is 22.4. The monoisotopic (exact) mass is 463 g/mol. The Bertz CT molecular complexity index is 1240. The van der Waals surface area contributed by atoms with Crippen LogP contribution in [0.4, 0.5) is 0 Å². The normalized spacial score (nSPS) is 10.6. The third-order valence-electron chi connectivity index (χ3n) is 4.97. The van der Waals surface area contributed by atoms with E-state index >= 15 is 0 Å². The van der Waals surface area contributed by atoms with E-state index in [1.807, 2.05) is 48.5 Å². The molecule has 0 aliphatic carbocycles. The molecule has 7 nitrogen and oxygen atoms in total. The second kappa shape index (κ2) is 10.2. The van der Waals surface area contributed by atoms with E-state index in [4.69, 9.17) is 25.6 Å². The molecular weight excluding hydrogens is 442 g/mol. The summed E-state index contributed by atoms with van der Waals surface area (Å²) < 4.78 is 16.3. The zero-order valence-corrected chi connectivity index (χ0v) is 19.0. The molecule has 33 heavy (non-hydrogen) atoms. The number of methoxy groups -OCH3 is 1. The average Bonchev–Trinajstić information content (AvgIpc) is 3.31. The van der Waals surface area contributed by atoms with Gasteiger partial charge in [-0.25, -0.2) is 0 Å². The lowest BCUT2D eigenvalue weighted by Gasteiger charge is -2.15. The van der Waals surface area contributed by atoms with E-state index in [2.05, 4.69) is 10.1 Å². The average molecular weight is 464 g/mol. The molecule has 0 unspecified atom stereocenters. The summed E-state index contributed by atoms with van der Waals surface area (Å²) in [4.78, 5) is 18.8. The Morgan fingerprint density at radius 1 is 1.03 bits per heavy atom. The number of nitrogens with zero attached hydrogens (tertiary/aromatic N) is 3. The topological polar surface area (TPSA) is 77.7 Å². The van der Waals surface area contributed by atoms with Crippen LogP contribution < -0.4 is 9.47 Å². The largest absolute Gasteiger partial charge is 0.497 e. The molecule has 8 heteroatoms. The van der Waals surface area contributed by atoms with E-state index in [0.29, 0.717) is 34.7 Å². The van der Waals surface area contributed by atoms with Crippen LogP contribution >= 0.6 is 11.6 Å². The fraction of sp³-hybridized carbons (Fsp3) is 0.160. The fourth-order valence-corrected chi connectivity index (χ4v) is 3.36. The smallest absolute Gasteiger partial charge is 0.254 e. The van der Waals surface area contributed by atoms with E-state index in [9.17, 15) is 4.79 Å². The van der Waals surface area contributed by atoms with Gasteiger partial charge in [-0.3, -0.25) is 4.79 Å². The molecule has 0 aliphatic heterocycles. The first-order chi connectivity index (χ1) is 16.0. The van der Waals surface area contributed by atoms with Crippen molar-refractivity contribution in [3.63, 3.8) is 0 Å². The quantitative estimate of drug-likeness (QED) is 0.355. The highest BCUT2D eigenvalue weighted by Crippen LogP contribution is 2.22. The van der Waals surface area contributed by atoms with Crippen LogP contribution in [0.5, 0.6) is 11.5 Å². The zero-order chi connectivity index (χ0) is 23.2. The summed E-state index contributed by atoms with van der Waals surface area (Å²) in [6, 6.07) is 21.8. The summed E-state index contributed by atoms with van der Waals surface area (Å²) in [5, 5.41) is 4.64. The van der Waals surface area contributed by atoms with Gasteiger partial charge in [0, 0.05) is 28.8 Å². The van der Waals surface area contributed by atoms with E-state index < -0.39 is 0 Å². The minimum atomic E-state index is -0.192. The van der Waals surface area contributed by atoms with Crippen molar-refractivity contribution >= 4 is 17.5 Å². The molecule has 0 aliphatic rings. The van der Waals surface area contributed by atoms with Gasteiger partial charge in [0.1, 0.15) is 18.1 Å². The molecule has 3 aromatic carbocycles. The van der Waals surface area contributed by atoms with Crippen molar-refractivity contribution in [2.75, 3.05) is 14.2 Å². The molecule has 4 rings (SSSR count). The summed E-state index contributed by atoms with van der Waals surface area (Å²) in [5.74, 6) is 1.91. The summed E-state index contributed by atoms with van der Waals surface area (Å²) in [7, 11) is 3.28. The van der Waals surface area contributed by atoms with Crippen LogP contribution in [0.3, 0.4) is 0 Å². The first-order valence-electron chi connectivity index (χ1n) is 10.2. The number of rotatable bonds is 8. The number of ether oxygens (including phenoxy) is 2. The Morgan fingerprint density at radius 3 is 2.58 bits per heavy atom. The van der Waals surface area contributed by atoms with Crippen molar-refractivity contribution in [3.8, 4) is 22.9 Å². The van der Waals surface area contributed by atoms with Crippen LogP contribution in [-0.2, 0) is 13.2 Å². The molecule has 168 valence electrons.